The van der Waals surface area contributed by atoms with Crippen molar-refractivity contribution in [2.75, 3.05) is 0 Å². The van der Waals surface area contributed by atoms with Crippen LogP contribution in [0.5, 0.6) is 0 Å². The van der Waals surface area contributed by atoms with Crippen molar-refractivity contribution in [2.45, 2.75) is 6.92 Å². The molecule has 1 N–H and O–H groups in total. The summed E-state index contributed by atoms with van der Waals surface area (Å²) in [6.07, 6.45) is 2.56. The maximum absolute atomic E-state index is 9.51. The summed E-state index contributed by atoms with van der Waals surface area (Å²) in [5, 5.41) is 7.83. The van der Waals surface area contributed by atoms with Crippen LogP contribution in [0.25, 0.3) is 0 Å². The molecule has 0 aromatic rings. The zero-order valence-corrected chi connectivity index (χ0v) is 5.29. The van der Waals surface area contributed by atoms with E-state index in [0.717, 1.165) is 6.08 Å². The van der Waals surface area contributed by atoms with Gasteiger partial charge in [0.05, 0.1) is 0 Å². The Labute approximate surface area is 57.7 Å². The summed E-state index contributed by atoms with van der Waals surface area (Å²) in [4.78, 5) is 9.51. The van der Waals surface area contributed by atoms with Gasteiger partial charge in [-0.25, -0.2) is 4.79 Å². The number of rotatable bonds is 1. The van der Waals surface area contributed by atoms with Crippen LogP contribution in [0.1, 0.15) is 6.92 Å². The second-order valence-corrected chi connectivity index (χ2v) is 0.838. The number of carboxylic acids is 1. The monoisotopic (exact) mass is 193 g/mol. The molecule has 0 rings (SSSR count). The Hall–Kier alpha value is -0.0497. The maximum atomic E-state index is 9.51. The van der Waals surface area contributed by atoms with E-state index >= 15 is 0 Å². The van der Waals surface area contributed by atoms with E-state index in [1.54, 1.807) is 6.92 Å². The van der Waals surface area contributed by atoms with Gasteiger partial charge in [0.2, 0.25) is 0 Å². The van der Waals surface area contributed by atoms with Crippen LogP contribution in [0, 0.1) is 0 Å². The largest absolute Gasteiger partial charge is 0.478 e. The first-order valence-corrected chi connectivity index (χ1v) is 1.63. The third-order valence-electron chi connectivity index (χ3n) is 0.309. The van der Waals surface area contributed by atoms with Crippen molar-refractivity contribution in [2.24, 2.45) is 0 Å². The van der Waals surface area contributed by atoms with Crippen LogP contribution in [0.2, 0.25) is 0 Å². The molecular formula is C4H6AgO2. The van der Waals surface area contributed by atoms with Gasteiger partial charge in [0, 0.05) is 28.5 Å². The van der Waals surface area contributed by atoms with Crippen LogP contribution in [0.15, 0.2) is 12.2 Å². The van der Waals surface area contributed by atoms with Crippen LogP contribution >= 0.6 is 0 Å². The van der Waals surface area contributed by atoms with Gasteiger partial charge in [-0.15, -0.1) is 0 Å². The summed E-state index contributed by atoms with van der Waals surface area (Å²) in [5.74, 6) is -0.891. The van der Waals surface area contributed by atoms with E-state index in [0.29, 0.717) is 0 Å². The standard InChI is InChI=1S/C4H6O2.Ag/c1-2-3-4(5)6;/h2-3H,1H3,(H,5,6);/b3-2+;. The molecule has 0 aromatic carbocycles. The van der Waals surface area contributed by atoms with E-state index in [9.17, 15) is 4.79 Å². The van der Waals surface area contributed by atoms with Crippen molar-refractivity contribution in [1.82, 2.24) is 0 Å². The Balaban J connectivity index is 0. The third-order valence-corrected chi connectivity index (χ3v) is 0.309. The predicted molar refractivity (Wildman–Crippen MR) is 22.4 cm³/mol. The van der Waals surface area contributed by atoms with Gasteiger partial charge >= 0.3 is 5.97 Å². The fourth-order valence-electron chi connectivity index (χ4n) is 0.143. The van der Waals surface area contributed by atoms with Crippen molar-refractivity contribution in [1.29, 1.82) is 0 Å². The van der Waals surface area contributed by atoms with Crippen molar-refractivity contribution >= 4 is 5.97 Å². The number of hydrogen-bond acceptors (Lipinski definition) is 1. The minimum atomic E-state index is -0.891. The molecule has 0 spiro atoms. The van der Waals surface area contributed by atoms with E-state index in [4.69, 9.17) is 5.11 Å². The molecule has 2 nitrogen and oxygen atoms in total. The molecule has 0 atom stereocenters. The second kappa shape index (κ2) is 5.95. The van der Waals surface area contributed by atoms with Gasteiger partial charge in [-0.05, 0) is 6.92 Å². The molecular weight excluding hydrogens is 188 g/mol. The first kappa shape index (κ1) is 10.0. The van der Waals surface area contributed by atoms with Gasteiger partial charge in [-0.1, -0.05) is 6.08 Å². The smallest absolute Gasteiger partial charge is 0.327 e. The summed E-state index contributed by atoms with van der Waals surface area (Å²) in [5.41, 5.74) is 0. The van der Waals surface area contributed by atoms with Crippen molar-refractivity contribution in [3.05, 3.63) is 12.2 Å². The van der Waals surface area contributed by atoms with Crippen LogP contribution in [0.3, 0.4) is 0 Å². The van der Waals surface area contributed by atoms with Crippen LogP contribution in [-0.4, -0.2) is 11.1 Å². The minimum absolute atomic E-state index is 0. The van der Waals surface area contributed by atoms with Gasteiger partial charge < -0.3 is 5.11 Å². The molecule has 45 valence electrons. The molecule has 0 aliphatic carbocycles. The zero-order chi connectivity index (χ0) is 4.99. The maximum Gasteiger partial charge on any atom is 0.327 e. The molecule has 0 aromatic heterocycles. The molecule has 0 aliphatic heterocycles. The SMILES string of the molecule is C/C=C/C(=O)O.[Ag]. The van der Waals surface area contributed by atoms with Crippen molar-refractivity contribution < 1.29 is 32.3 Å². The van der Waals surface area contributed by atoms with Gasteiger partial charge in [0.25, 0.3) is 0 Å². The fourth-order valence-corrected chi connectivity index (χ4v) is 0.143. The first-order chi connectivity index (χ1) is 2.77. The van der Waals surface area contributed by atoms with Gasteiger partial charge in [0.1, 0.15) is 0 Å². The molecule has 1 radical (unpaired) electrons. The number of carboxylic acid groups (broad SMARTS) is 1. The summed E-state index contributed by atoms with van der Waals surface area (Å²) in [7, 11) is 0. The molecule has 0 bridgehead atoms. The summed E-state index contributed by atoms with van der Waals surface area (Å²) in [6.45, 7) is 1.66. The number of allylic oxidation sites excluding steroid dienone is 1. The van der Waals surface area contributed by atoms with Crippen LogP contribution < -0.4 is 0 Å². The van der Waals surface area contributed by atoms with E-state index in [1.807, 2.05) is 0 Å². The fraction of sp³-hybridized carbons (Fsp3) is 0.250. The molecule has 0 unspecified atom stereocenters. The third kappa shape index (κ3) is 10.7. The van der Waals surface area contributed by atoms with E-state index < -0.39 is 5.97 Å². The summed E-state index contributed by atoms with van der Waals surface area (Å²) < 4.78 is 0. The quantitative estimate of drug-likeness (QED) is 0.491. The average molecular weight is 194 g/mol. The number of aliphatic carboxylic acids is 1. The van der Waals surface area contributed by atoms with Crippen molar-refractivity contribution in [3.8, 4) is 0 Å². The topological polar surface area (TPSA) is 37.3 Å². The molecule has 0 saturated carbocycles. The summed E-state index contributed by atoms with van der Waals surface area (Å²) >= 11 is 0. The van der Waals surface area contributed by atoms with E-state index in [1.165, 1.54) is 6.08 Å². The summed E-state index contributed by atoms with van der Waals surface area (Å²) in [6, 6.07) is 0. The van der Waals surface area contributed by atoms with Crippen molar-refractivity contribution in [3.63, 3.8) is 0 Å². The van der Waals surface area contributed by atoms with Crippen LogP contribution in [-0.2, 0) is 27.2 Å². The Morgan fingerprint density at radius 3 is 2.14 bits per heavy atom. The predicted octanol–water partition coefficient (Wildman–Crippen LogP) is 0.645. The Morgan fingerprint density at radius 2 is 2.14 bits per heavy atom. The Kier molecular flexibility index (Phi) is 8.54. The first-order valence-electron chi connectivity index (χ1n) is 1.63. The molecule has 7 heavy (non-hydrogen) atoms. The molecule has 0 fully saturated rings. The van der Waals surface area contributed by atoms with Crippen LogP contribution in [0.4, 0.5) is 0 Å². The molecule has 0 amide bonds. The molecule has 3 heteroatoms. The normalized spacial score (nSPS) is 8.14. The molecule has 0 heterocycles. The van der Waals surface area contributed by atoms with Gasteiger partial charge in [0.15, 0.2) is 0 Å². The zero-order valence-electron chi connectivity index (χ0n) is 3.81. The van der Waals surface area contributed by atoms with E-state index in [2.05, 4.69) is 0 Å². The number of hydrogen-bond donors (Lipinski definition) is 1. The molecule has 0 saturated heterocycles. The second-order valence-electron chi connectivity index (χ2n) is 0.838. The average Bonchev–Trinajstić information content (AvgIpc) is 1.35. The van der Waals surface area contributed by atoms with Gasteiger partial charge in [-0.3, -0.25) is 0 Å². The Morgan fingerprint density at radius 1 is 1.71 bits per heavy atom. The number of carbonyl (C=O) groups is 1. The molecule has 0 aliphatic rings. The Bertz CT molecular complexity index is 77.8. The van der Waals surface area contributed by atoms with E-state index in [-0.39, 0.29) is 22.4 Å². The minimum Gasteiger partial charge on any atom is -0.478 e. The van der Waals surface area contributed by atoms with Gasteiger partial charge in [-0.2, -0.15) is 0 Å².